The predicted molar refractivity (Wildman–Crippen MR) is 104 cm³/mol. The zero-order valence-electron chi connectivity index (χ0n) is 14.7. The first-order valence-electron chi connectivity index (χ1n) is 8.56. The molecule has 1 aliphatic heterocycles. The molecule has 3 rings (SSSR count). The Morgan fingerprint density at radius 1 is 1.15 bits per heavy atom. The van der Waals surface area contributed by atoms with Crippen molar-refractivity contribution in [2.75, 3.05) is 23.7 Å². The highest BCUT2D eigenvalue weighted by Crippen LogP contribution is 2.29. The van der Waals surface area contributed by atoms with Crippen LogP contribution in [0.15, 0.2) is 42.7 Å². The molecule has 2 amide bonds. The first-order chi connectivity index (χ1) is 12.1. The number of anilines is 2. The number of hydrogen-bond acceptors (Lipinski definition) is 4. The monoisotopic (exact) mass is 377 g/mol. The van der Waals surface area contributed by atoms with E-state index >= 15 is 0 Å². The number of nitrogens with one attached hydrogen (secondary N) is 3. The van der Waals surface area contributed by atoms with Gasteiger partial charge < -0.3 is 16.0 Å². The Morgan fingerprint density at radius 3 is 2.31 bits per heavy atom. The molecule has 0 bridgehead atoms. The molecule has 0 aliphatic carbocycles. The van der Waals surface area contributed by atoms with Crippen molar-refractivity contribution < 1.29 is 9.59 Å². The van der Waals surface area contributed by atoms with Crippen LogP contribution in [0.1, 0.15) is 26.2 Å². The average molecular weight is 378 g/mol. The van der Waals surface area contributed by atoms with Gasteiger partial charge in [0.2, 0.25) is 5.91 Å². The van der Waals surface area contributed by atoms with Crippen LogP contribution in [0.4, 0.5) is 11.4 Å². The van der Waals surface area contributed by atoms with Crippen molar-refractivity contribution in [3.8, 4) is 0 Å². The molecule has 0 saturated carbocycles. The van der Waals surface area contributed by atoms with E-state index in [0.717, 1.165) is 13.1 Å². The van der Waals surface area contributed by atoms with Gasteiger partial charge in [-0.15, -0.1) is 12.4 Å². The molecule has 1 saturated heterocycles. The SMILES string of the molecule is CCC(=O)Nc1ccc(NC(=O)C2(n3cccn3)CCNCC2)cc1.Cl. The number of hydrogen-bond donors (Lipinski definition) is 3. The summed E-state index contributed by atoms with van der Waals surface area (Å²) in [5, 5.41) is 13.4. The Kier molecular flexibility index (Phi) is 6.76. The molecule has 8 heteroatoms. The molecule has 140 valence electrons. The minimum atomic E-state index is -0.677. The Hall–Kier alpha value is -2.38. The predicted octanol–water partition coefficient (Wildman–Crippen LogP) is 2.37. The minimum Gasteiger partial charge on any atom is -0.326 e. The van der Waals surface area contributed by atoms with Crippen molar-refractivity contribution in [3.05, 3.63) is 42.7 Å². The van der Waals surface area contributed by atoms with Crippen LogP contribution < -0.4 is 16.0 Å². The normalized spacial score (nSPS) is 15.6. The van der Waals surface area contributed by atoms with Gasteiger partial charge in [0.25, 0.3) is 5.91 Å². The summed E-state index contributed by atoms with van der Waals surface area (Å²) in [6.45, 7) is 3.35. The molecule has 26 heavy (non-hydrogen) atoms. The molecule has 0 radical (unpaired) electrons. The maximum absolute atomic E-state index is 13.0. The lowest BCUT2D eigenvalue weighted by Crippen LogP contribution is -2.52. The number of carbonyl (C=O) groups excluding carboxylic acids is 2. The standard InChI is InChI=1S/C18H23N5O2.ClH/c1-2-16(24)21-14-4-6-15(7-5-14)22-17(25)18(8-11-19-12-9-18)23-13-3-10-20-23;/h3-7,10,13,19H,2,8-9,11-12H2,1H3,(H,21,24)(H,22,25);1H. The quantitative estimate of drug-likeness (QED) is 0.746. The van der Waals surface area contributed by atoms with E-state index in [2.05, 4.69) is 21.0 Å². The van der Waals surface area contributed by atoms with E-state index in [1.54, 1.807) is 42.1 Å². The second-order valence-corrected chi connectivity index (χ2v) is 6.17. The fourth-order valence-corrected chi connectivity index (χ4v) is 3.06. The van der Waals surface area contributed by atoms with Crippen molar-refractivity contribution >= 4 is 35.6 Å². The Bertz CT molecular complexity index is 725. The highest BCUT2D eigenvalue weighted by molar-refractivity contribution is 5.97. The lowest BCUT2D eigenvalue weighted by Gasteiger charge is -2.36. The van der Waals surface area contributed by atoms with Crippen molar-refractivity contribution in [1.82, 2.24) is 15.1 Å². The highest BCUT2D eigenvalue weighted by atomic mass is 35.5. The van der Waals surface area contributed by atoms with Crippen LogP contribution in [0.25, 0.3) is 0 Å². The first-order valence-corrected chi connectivity index (χ1v) is 8.56. The number of amides is 2. The van der Waals surface area contributed by atoms with Gasteiger partial charge in [0.05, 0.1) is 0 Å². The lowest BCUT2D eigenvalue weighted by molar-refractivity contribution is -0.126. The summed E-state index contributed by atoms with van der Waals surface area (Å²) in [6.07, 6.45) is 5.34. The average Bonchev–Trinajstić information content (AvgIpc) is 3.19. The third kappa shape index (κ3) is 4.23. The molecule has 2 heterocycles. The van der Waals surface area contributed by atoms with Crippen molar-refractivity contribution in [3.63, 3.8) is 0 Å². The molecule has 1 fully saturated rings. The highest BCUT2D eigenvalue weighted by Gasteiger charge is 2.41. The van der Waals surface area contributed by atoms with Gasteiger partial charge in [-0.3, -0.25) is 14.3 Å². The van der Waals surface area contributed by atoms with E-state index in [4.69, 9.17) is 0 Å². The molecule has 2 aromatic rings. The van der Waals surface area contributed by atoms with Crippen molar-refractivity contribution in [1.29, 1.82) is 0 Å². The second kappa shape index (κ2) is 8.82. The van der Waals surface area contributed by atoms with E-state index in [-0.39, 0.29) is 24.2 Å². The maximum Gasteiger partial charge on any atom is 0.252 e. The van der Waals surface area contributed by atoms with E-state index < -0.39 is 5.54 Å². The molecule has 1 aliphatic rings. The molecule has 0 atom stereocenters. The number of nitrogens with zero attached hydrogens (tertiary/aromatic N) is 2. The number of piperidine rings is 1. The van der Waals surface area contributed by atoms with Crippen LogP contribution in [0.5, 0.6) is 0 Å². The second-order valence-electron chi connectivity index (χ2n) is 6.17. The third-order valence-corrected chi connectivity index (χ3v) is 4.54. The number of rotatable bonds is 5. The number of aromatic nitrogens is 2. The Morgan fingerprint density at radius 2 is 1.77 bits per heavy atom. The molecule has 0 unspecified atom stereocenters. The summed E-state index contributed by atoms with van der Waals surface area (Å²) in [6, 6.07) is 8.99. The Labute approximate surface area is 159 Å². The number of halogens is 1. The van der Waals surface area contributed by atoms with Gasteiger partial charge in [0.15, 0.2) is 0 Å². The molecule has 7 nitrogen and oxygen atoms in total. The smallest absolute Gasteiger partial charge is 0.252 e. The zero-order chi connectivity index (χ0) is 17.7. The van der Waals surface area contributed by atoms with E-state index in [1.807, 2.05) is 12.3 Å². The molecule has 1 aromatic carbocycles. The zero-order valence-corrected chi connectivity index (χ0v) is 15.5. The molecule has 0 spiro atoms. The maximum atomic E-state index is 13.0. The Balaban J connectivity index is 0.00000243. The summed E-state index contributed by atoms with van der Waals surface area (Å²) in [7, 11) is 0. The molecule has 1 aromatic heterocycles. The topological polar surface area (TPSA) is 88.1 Å². The summed E-state index contributed by atoms with van der Waals surface area (Å²) in [4.78, 5) is 24.5. The third-order valence-electron chi connectivity index (χ3n) is 4.54. The van der Waals surface area contributed by atoms with Crippen molar-refractivity contribution in [2.24, 2.45) is 0 Å². The number of benzene rings is 1. The van der Waals surface area contributed by atoms with E-state index in [1.165, 1.54) is 0 Å². The minimum absolute atomic E-state index is 0. The fraction of sp³-hybridized carbons (Fsp3) is 0.389. The fourth-order valence-electron chi connectivity index (χ4n) is 3.06. The van der Waals surface area contributed by atoms with Gasteiger partial charge >= 0.3 is 0 Å². The molecular weight excluding hydrogens is 354 g/mol. The lowest BCUT2D eigenvalue weighted by atomic mass is 9.87. The van der Waals surface area contributed by atoms with Gasteiger partial charge in [0.1, 0.15) is 5.54 Å². The summed E-state index contributed by atoms with van der Waals surface area (Å²) >= 11 is 0. The molecule has 3 N–H and O–H groups in total. The summed E-state index contributed by atoms with van der Waals surface area (Å²) < 4.78 is 1.76. The van der Waals surface area contributed by atoms with Crippen LogP contribution in [0.3, 0.4) is 0 Å². The summed E-state index contributed by atoms with van der Waals surface area (Å²) in [5.41, 5.74) is 0.738. The van der Waals surface area contributed by atoms with Crippen LogP contribution >= 0.6 is 12.4 Å². The first kappa shape index (κ1) is 19.9. The van der Waals surface area contributed by atoms with E-state index in [0.29, 0.717) is 30.6 Å². The van der Waals surface area contributed by atoms with E-state index in [9.17, 15) is 9.59 Å². The number of carbonyl (C=O) groups is 2. The van der Waals surface area contributed by atoms with Gasteiger partial charge in [-0.1, -0.05) is 6.92 Å². The van der Waals surface area contributed by atoms with Gasteiger partial charge in [0, 0.05) is 30.2 Å². The van der Waals surface area contributed by atoms with Gasteiger partial charge in [-0.25, -0.2) is 0 Å². The largest absolute Gasteiger partial charge is 0.326 e. The van der Waals surface area contributed by atoms with Crippen molar-refractivity contribution in [2.45, 2.75) is 31.7 Å². The van der Waals surface area contributed by atoms with Crippen LogP contribution in [0.2, 0.25) is 0 Å². The van der Waals surface area contributed by atoms with Gasteiger partial charge in [-0.05, 0) is 56.3 Å². The van der Waals surface area contributed by atoms with Crippen LogP contribution in [-0.4, -0.2) is 34.7 Å². The van der Waals surface area contributed by atoms with Gasteiger partial charge in [-0.2, -0.15) is 5.10 Å². The van der Waals surface area contributed by atoms with Crippen LogP contribution in [-0.2, 0) is 15.1 Å². The molecular formula is C18H24ClN5O2. The summed E-state index contributed by atoms with van der Waals surface area (Å²) in [5.74, 6) is -0.104. The van der Waals surface area contributed by atoms with Crippen LogP contribution in [0, 0.1) is 0 Å².